The minimum atomic E-state index is -0.865. The van der Waals surface area contributed by atoms with Gasteiger partial charge in [-0.05, 0) is 31.2 Å². The Morgan fingerprint density at radius 2 is 1.80 bits per heavy atom. The monoisotopic (exact) mass is 340 g/mol. The van der Waals surface area contributed by atoms with Gasteiger partial charge < -0.3 is 4.74 Å². The normalized spacial score (nSPS) is 12.0. The van der Waals surface area contributed by atoms with Crippen LogP contribution in [0.3, 0.4) is 0 Å². The van der Waals surface area contributed by atoms with Crippen LogP contribution in [0.25, 0.3) is 0 Å². The molecule has 2 nitrogen and oxygen atoms in total. The van der Waals surface area contributed by atoms with Gasteiger partial charge in [0.2, 0.25) is 5.78 Å². The van der Waals surface area contributed by atoms with Crippen LogP contribution in [0.5, 0.6) is 5.75 Å². The van der Waals surface area contributed by atoms with E-state index in [-0.39, 0.29) is 11.5 Å². The van der Waals surface area contributed by atoms with Crippen molar-refractivity contribution in [1.29, 1.82) is 0 Å². The van der Waals surface area contributed by atoms with Gasteiger partial charge >= 0.3 is 0 Å². The topological polar surface area (TPSA) is 26.3 Å². The third kappa shape index (κ3) is 3.42. The number of carbonyl (C=O) groups is 1. The zero-order valence-electron chi connectivity index (χ0n) is 10.6. The van der Waals surface area contributed by atoms with E-state index in [4.69, 9.17) is 4.74 Å². The molecular formula is C15H11BrF2O2. The molecule has 5 heteroatoms. The predicted molar refractivity (Wildman–Crippen MR) is 74.9 cm³/mol. The van der Waals surface area contributed by atoms with E-state index >= 15 is 0 Å². The molecule has 0 saturated carbocycles. The minimum absolute atomic E-state index is 0.149. The molecule has 0 aromatic heterocycles. The summed E-state index contributed by atoms with van der Waals surface area (Å²) >= 11 is 3.27. The zero-order valence-corrected chi connectivity index (χ0v) is 12.2. The lowest BCUT2D eigenvalue weighted by molar-refractivity contribution is 0.0812. The van der Waals surface area contributed by atoms with Crippen molar-refractivity contribution in [3.63, 3.8) is 0 Å². The van der Waals surface area contributed by atoms with E-state index in [0.717, 1.165) is 16.6 Å². The van der Waals surface area contributed by atoms with Gasteiger partial charge in [0.1, 0.15) is 5.82 Å². The molecule has 0 aliphatic rings. The molecule has 20 heavy (non-hydrogen) atoms. The summed E-state index contributed by atoms with van der Waals surface area (Å²) in [4.78, 5) is 12.1. The highest BCUT2D eigenvalue weighted by atomic mass is 79.9. The van der Waals surface area contributed by atoms with Crippen LogP contribution in [0.15, 0.2) is 46.9 Å². The lowest BCUT2D eigenvalue weighted by Gasteiger charge is -2.14. The molecule has 2 rings (SSSR count). The maximum absolute atomic E-state index is 13.4. The largest absolute Gasteiger partial charge is 0.479 e. The Morgan fingerprint density at radius 3 is 2.40 bits per heavy atom. The second-order valence-electron chi connectivity index (χ2n) is 4.21. The van der Waals surface area contributed by atoms with Gasteiger partial charge in [0.25, 0.3) is 0 Å². The van der Waals surface area contributed by atoms with Gasteiger partial charge in [-0.3, -0.25) is 4.79 Å². The van der Waals surface area contributed by atoms with E-state index in [0.29, 0.717) is 11.6 Å². The number of ketones is 1. The Bertz CT molecular complexity index is 626. The molecule has 2 aromatic carbocycles. The average Bonchev–Trinajstić information content (AvgIpc) is 2.42. The van der Waals surface area contributed by atoms with Crippen LogP contribution in [0.1, 0.15) is 17.3 Å². The quantitative estimate of drug-likeness (QED) is 0.772. The first-order chi connectivity index (χ1) is 9.47. The highest BCUT2D eigenvalue weighted by Gasteiger charge is 2.18. The molecule has 0 saturated heterocycles. The number of Topliss-reactive ketones (excluding diaryl/α,β-unsaturated/α-hetero) is 1. The minimum Gasteiger partial charge on any atom is -0.479 e. The van der Waals surface area contributed by atoms with E-state index in [1.54, 1.807) is 24.3 Å². The van der Waals surface area contributed by atoms with Gasteiger partial charge in [0.05, 0.1) is 0 Å². The second kappa shape index (κ2) is 6.13. The first-order valence-corrected chi connectivity index (χ1v) is 6.68. The zero-order chi connectivity index (χ0) is 14.7. The molecule has 0 aliphatic heterocycles. The highest BCUT2D eigenvalue weighted by molar-refractivity contribution is 9.10. The third-order valence-corrected chi connectivity index (χ3v) is 3.22. The number of rotatable bonds is 4. The summed E-state index contributed by atoms with van der Waals surface area (Å²) in [7, 11) is 0. The Labute approximate surface area is 123 Å². The Balaban J connectivity index is 2.13. The van der Waals surface area contributed by atoms with Gasteiger partial charge in [-0.2, -0.15) is 0 Å². The van der Waals surface area contributed by atoms with Crippen molar-refractivity contribution in [2.75, 3.05) is 0 Å². The van der Waals surface area contributed by atoms with Crippen molar-refractivity contribution < 1.29 is 18.3 Å². The van der Waals surface area contributed by atoms with E-state index in [1.165, 1.54) is 6.92 Å². The van der Waals surface area contributed by atoms with Crippen LogP contribution in [-0.2, 0) is 0 Å². The lowest BCUT2D eigenvalue weighted by Crippen LogP contribution is -2.24. The van der Waals surface area contributed by atoms with Crippen molar-refractivity contribution in [3.8, 4) is 5.75 Å². The van der Waals surface area contributed by atoms with Crippen LogP contribution < -0.4 is 4.74 Å². The molecule has 104 valence electrons. The molecular weight excluding hydrogens is 330 g/mol. The molecule has 1 unspecified atom stereocenters. The maximum atomic E-state index is 13.4. The van der Waals surface area contributed by atoms with Gasteiger partial charge in [0.15, 0.2) is 17.7 Å². The number of halogens is 3. The van der Waals surface area contributed by atoms with Crippen LogP contribution in [-0.4, -0.2) is 11.9 Å². The third-order valence-electron chi connectivity index (χ3n) is 2.70. The summed E-state index contributed by atoms with van der Waals surface area (Å²) in [5.41, 5.74) is 0.461. The van der Waals surface area contributed by atoms with E-state index in [2.05, 4.69) is 15.9 Å². The van der Waals surface area contributed by atoms with Gasteiger partial charge in [0, 0.05) is 16.1 Å². The Morgan fingerprint density at radius 1 is 1.15 bits per heavy atom. The second-order valence-corrected chi connectivity index (χ2v) is 5.12. The molecule has 0 aliphatic carbocycles. The van der Waals surface area contributed by atoms with E-state index in [1.807, 2.05) is 0 Å². The molecule has 0 spiro atoms. The smallest absolute Gasteiger partial charge is 0.202 e. The van der Waals surface area contributed by atoms with Crippen molar-refractivity contribution in [2.45, 2.75) is 13.0 Å². The molecule has 1 atom stereocenters. The fourth-order valence-corrected chi connectivity index (χ4v) is 1.93. The number of hydrogen-bond donors (Lipinski definition) is 0. The predicted octanol–water partition coefficient (Wildman–Crippen LogP) is 4.38. The first kappa shape index (κ1) is 14.7. The summed E-state index contributed by atoms with van der Waals surface area (Å²) in [5.74, 6) is -1.95. The van der Waals surface area contributed by atoms with Crippen molar-refractivity contribution >= 4 is 21.7 Å². The Kier molecular flexibility index (Phi) is 4.49. The molecule has 0 radical (unpaired) electrons. The molecule has 0 bridgehead atoms. The van der Waals surface area contributed by atoms with Crippen LogP contribution >= 0.6 is 15.9 Å². The molecule has 0 amide bonds. The van der Waals surface area contributed by atoms with Gasteiger partial charge in [-0.15, -0.1) is 0 Å². The molecule has 2 aromatic rings. The summed E-state index contributed by atoms with van der Waals surface area (Å²) in [6.45, 7) is 1.52. The fourth-order valence-electron chi connectivity index (χ4n) is 1.66. The highest BCUT2D eigenvalue weighted by Crippen LogP contribution is 2.20. The van der Waals surface area contributed by atoms with Crippen molar-refractivity contribution in [3.05, 3.63) is 64.1 Å². The molecule has 0 heterocycles. The number of hydrogen-bond acceptors (Lipinski definition) is 2. The summed E-state index contributed by atoms with van der Waals surface area (Å²) in [5, 5.41) is 0. The van der Waals surface area contributed by atoms with Crippen LogP contribution in [0, 0.1) is 11.6 Å². The van der Waals surface area contributed by atoms with Crippen LogP contribution in [0.2, 0.25) is 0 Å². The summed E-state index contributed by atoms with van der Waals surface area (Å²) in [6, 6.07) is 9.72. The number of benzene rings is 2. The number of ether oxygens (including phenoxy) is 1. The van der Waals surface area contributed by atoms with Gasteiger partial charge in [-0.25, -0.2) is 8.78 Å². The lowest BCUT2D eigenvalue weighted by atomic mass is 10.1. The van der Waals surface area contributed by atoms with Crippen molar-refractivity contribution in [2.24, 2.45) is 0 Å². The average molecular weight is 341 g/mol. The van der Waals surface area contributed by atoms with Crippen molar-refractivity contribution in [1.82, 2.24) is 0 Å². The van der Waals surface area contributed by atoms with E-state index in [9.17, 15) is 13.6 Å². The molecule has 0 N–H and O–H groups in total. The number of carbonyl (C=O) groups excluding carboxylic acids is 1. The van der Waals surface area contributed by atoms with Gasteiger partial charge in [-0.1, -0.05) is 28.1 Å². The summed E-state index contributed by atoms with van der Waals surface area (Å²) < 4.78 is 32.3. The Hall–Kier alpha value is -1.75. The maximum Gasteiger partial charge on any atom is 0.202 e. The summed E-state index contributed by atoms with van der Waals surface area (Å²) in [6.07, 6.45) is -0.865. The SMILES string of the molecule is CC(Oc1ccc(F)cc1F)C(=O)c1ccc(Br)cc1. The first-order valence-electron chi connectivity index (χ1n) is 5.89. The van der Waals surface area contributed by atoms with Crippen LogP contribution in [0.4, 0.5) is 8.78 Å². The van der Waals surface area contributed by atoms with E-state index < -0.39 is 17.7 Å². The molecule has 0 fully saturated rings. The fraction of sp³-hybridized carbons (Fsp3) is 0.133. The standard InChI is InChI=1S/C15H11BrF2O2/c1-9(15(19)10-2-4-11(16)5-3-10)20-14-7-6-12(17)8-13(14)18/h2-9H,1H3.